The van der Waals surface area contributed by atoms with Crippen molar-refractivity contribution < 1.29 is 9.59 Å². The highest BCUT2D eigenvalue weighted by atomic mass is 32.2. The molecule has 2 heterocycles. The third-order valence-corrected chi connectivity index (χ3v) is 5.11. The molecule has 6 heteroatoms. The lowest BCUT2D eigenvalue weighted by molar-refractivity contribution is -0.141. The number of amides is 2. The number of carbonyl (C=O) groups is 2. The minimum atomic E-state index is -0.0237. The molecule has 3 aliphatic rings. The van der Waals surface area contributed by atoms with Crippen LogP contribution in [-0.4, -0.2) is 71.9 Å². The molecular weight excluding hydrogens is 262 g/mol. The first-order valence-corrected chi connectivity index (χ1v) is 8.30. The van der Waals surface area contributed by atoms with Crippen molar-refractivity contribution in [1.29, 1.82) is 0 Å². The summed E-state index contributed by atoms with van der Waals surface area (Å²) in [5.41, 5.74) is 0. The summed E-state index contributed by atoms with van der Waals surface area (Å²) in [6.45, 7) is 3.73. The molecule has 1 N–H and O–H groups in total. The summed E-state index contributed by atoms with van der Waals surface area (Å²) in [6.07, 6.45) is 2.11. The number of carbonyl (C=O) groups excluding carboxylic acids is 2. The molecule has 0 aromatic heterocycles. The van der Waals surface area contributed by atoms with E-state index < -0.39 is 0 Å². The third kappa shape index (κ3) is 3.05. The van der Waals surface area contributed by atoms with Gasteiger partial charge in [0.15, 0.2) is 0 Å². The van der Waals surface area contributed by atoms with Gasteiger partial charge in [0.05, 0.1) is 6.04 Å². The Labute approximate surface area is 118 Å². The molecule has 3 rings (SSSR count). The van der Waals surface area contributed by atoms with Crippen LogP contribution in [0.4, 0.5) is 0 Å². The molecule has 1 atom stereocenters. The largest absolute Gasteiger partial charge is 0.339 e. The van der Waals surface area contributed by atoms with Crippen molar-refractivity contribution in [3.05, 3.63) is 0 Å². The summed E-state index contributed by atoms with van der Waals surface area (Å²) in [5, 5.41) is 3.29. The molecule has 1 saturated carbocycles. The molecule has 19 heavy (non-hydrogen) atoms. The number of hydrogen-bond donors (Lipinski definition) is 1. The van der Waals surface area contributed by atoms with Crippen LogP contribution in [0.3, 0.4) is 0 Å². The van der Waals surface area contributed by atoms with E-state index >= 15 is 0 Å². The van der Waals surface area contributed by atoms with Crippen molar-refractivity contribution in [2.24, 2.45) is 5.92 Å². The Kier molecular flexibility index (Phi) is 3.98. The van der Waals surface area contributed by atoms with Crippen molar-refractivity contribution in [2.75, 3.05) is 44.2 Å². The molecule has 1 unspecified atom stereocenters. The first-order chi connectivity index (χ1) is 9.25. The lowest BCUT2D eigenvalue weighted by atomic mass is 10.2. The molecule has 2 aliphatic heterocycles. The molecule has 1 aliphatic carbocycles. The molecule has 5 nitrogen and oxygen atoms in total. The maximum Gasteiger partial charge on any atom is 0.240 e. The summed E-state index contributed by atoms with van der Waals surface area (Å²) in [4.78, 5) is 28.1. The molecule has 3 fully saturated rings. The normalized spacial score (nSPS) is 28.3. The maximum atomic E-state index is 12.3. The fraction of sp³-hybridized carbons (Fsp3) is 0.846. The van der Waals surface area contributed by atoms with Gasteiger partial charge in [-0.3, -0.25) is 9.59 Å². The first kappa shape index (κ1) is 13.2. The molecule has 0 aromatic carbocycles. The lowest BCUT2D eigenvalue weighted by Crippen LogP contribution is -2.57. The van der Waals surface area contributed by atoms with E-state index in [4.69, 9.17) is 0 Å². The zero-order valence-electron chi connectivity index (χ0n) is 11.1. The highest BCUT2D eigenvalue weighted by Gasteiger charge is 2.36. The van der Waals surface area contributed by atoms with E-state index in [2.05, 4.69) is 5.32 Å². The predicted octanol–water partition coefficient (Wildman–Crippen LogP) is -0.228. The molecule has 106 valence electrons. The molecule has 0 aromatic rings. The second-order valence-corrected chi connectivity index (χ2v) is 6.66. The lowest BCUT2D eigenvalue weighted by Gasteiger charge is -2.37. The first-order valence-electron chi connectivity index (χ1n) is 7.14. The monoisotopic (exact) mass is 283 g/mol. The van der Waals surface area contributed by atoms with E-state index in [1.807, 2.05) is 21.6 Å². The van der Waals surface area contributed by atoms with E-state index in [0.717, 1.165) is 30.9 Å². The number of hydrogen-bond acceptors (Lipinski definition) is 4. The average molecular weight is 283 g/mol. The maximum absolute atomic E-state index is 12.3. The van der Waals surface area contributed by atoms with Crippen LogP contribution in [0.15, 0.2) is 0 Å². The van der Waals surface area contributed by atoms with E-state index in [9.17, 15) is 9.59 Å². The Morgan fingerprint density at radius 2 is 1.63 bits per heavy atom. The summed E-state index contributed by atoms with van der Waals surface area (Å²) >= 11 is 1.84. The Morgan fingerprint density at radius 3 is 2.16 bits per heavy atom. The van der Waals surface area contributed by atoms with E-state index in [0.29, 0.717) is 38.0 Å². The van der Waals surface area contributed by atoms with Crippen molar-refractivity contribution in [3.63, 3.8) is 0 Å². The van der Waals surface area contributed by atoms with Gasteiger partial charge in [-0.15, -0.1) is 0 Å². The van der Waals surface area contributed by atoms with Gasteiger partial charge in [0, 0.05) is 50.1 Å². The Morgan fingerprint density at radius 1 is 1.00 bits per heavy atom. The van der Waals surface area contributed by atoms with E-state index in [-0.39, 0.29) is 11.9 Å². The number of nitrogens with zero attached hydrogens (tertiary/aromatic N) is 2. The number of thioether (sulfide) groups is 1. The SMILES string of the molecule is O=C(C1CC1)N1CCN(C(=O)C2CSCCN2)CC1. The predicted molar refractivity (Wildman–Crippen MR) is 75.0 cm³/mol. The van der Waals surface area contributed by atoms with Gasteiger partial charge in [-0.25, -0.2) is 0 Å². The van der Waals surface area contributed by atoms with Crippen LogP contribution in [0.1, 0.15) is 12.8 Å². The standard InChI is InChI=1S/C13H21N3O2S/c17-12(10-1-2-10)15-4-6-16(7-5-15)13(18)11-9-19-8-3-14-11/h10-11,14H,1-9H2. The summed E-state index contributed by atoms with van der Waals surface area (Å²) < 4.78 is 0. The van der Waals surface area contributed by atoms with Crippen LogP contribution in [0, 0.1) is 5.92 Å². The number of nitrogens with one attached hydrogen (secondary N) is 1. The minimum Gasteiger partial charge on any atom is -0.339 e. The van der Waals surface area contributed by atoms with Gasteiger partial charge in [0.25, 0.3) is 0 Å². The molecule has 2 saturated heterocycles. The van der Waals surface area contributed by atoms with Crippen molar-refractivity contribution in [3.8, 4) is 0 Å². The molecule has 0 bridgehead atoms. The van der Waals surface area contributed by atoms with E-state index in [1.165, 1.54) is 0 Å². The van der Waals surface area contributed by atoms with E-state index in [1.54, 1.807) is 0 Å². The van der Waals surface area contributed by atoms with Crippen molar-refractivity contribution in [2.45, 2.75) is 18.9 Å². The van der Waals surface area contributed by atoms with Crippen molar-refractivity contribution >= 4 is 23.6 Å². The number of piperazine rings is 1. The van der Waals surface area contributed by atoms with Crippen LogP contribution < -0.4 is 5.32 Å². The fourth-order valence-electron chi connectivity index (χ4n) is 2.68. The minimum absolute atomic E-state index is 0.0237. The van der Waals surface area contributed by atoms with Gasteiger partial charge < -0.3 is 15.1 Å². The quantitative estimate of drug-likeness (QED) is 0.761. The van der Waals surface area contributed by atoms with Crippen LogP contribution >= 0.6 is 11.8 Å². The number of rotatable bonds is 2. The van der Waals surface area contributed by atoms with Gasteiger partial charge in [-0.05, 0) is 12.8 Å². The second kappa shape index (κ2) is 5.71. The zero-order chi connectivity index (χ0) is 13.2. The van der Waals surface area contributed by atoms with Gasteiger partial charge >= 0.3 is 0 Å². The van der Waals surface area contributed by atoms with Crippen LogP contribution in [-0.2, 0) is 9.59 Å². The fourth-order valence-corrected chi connectivity index (χ4v) is 3.61. The second-order valence-electron chi connectivity index (χ2n) is 5.51. The van der Waals surface area contributed by atoms with Crippen molar-refractivity contribution in [1.82, 2.24) is 15.1 Å². The smallest absolute Gasteiger partial charge is 0.240 e. The van der Waals surface area contributed by atoms with Gasteiger partial charge in [0.2, 0.25) is 11.8 Å². The summed E-state index contributed by atoms with van der Waals surface area (Å²) in [7, 11) is 0. The highest BCUT2D eigenvalue weighted by Crippen LogP contribution is 2.31. The topological polar surface area (TPSA) is 52.7 Å². The molecular formula is C13H21N3O2S. The van der Waals surface area contributed by atoms with Crippen LogP contribution in [0.5, 0.6) is 0 Å². The summed E-state index contributed by atoms with van der Waals surface area (Å²) in [6, 6.07) is -0.0237. The van der Waals surface area contributed by atoms with Gasteiger partial charge in [-0.2, -0.15) is 11.8 Å². The Balaban J connectivity index is 1.48. The van der Waals surface area contributed by atoms with Gasteiger partial charge in [0.1, 0.15) is 0 Å². The van der Waals surface area contributed by atoms with Gasteiger partial charge in [-0.1, -0.05) is 0 Å². The third-order valence-electron chi connectivity index (χ3n) is 4.05. The zero-order valence-corrected chi connectivity index (χ0v) is 12.0. The Bertz CT molecular complexity index is 359. The summed E-state index contributed by atoms with van der Waals surface area (Å²) in [5.74, 6) is 2.77. The highest BCUT2D eigenvalue weighted by molar-refractivity contribution is 7.99. The average Bonchev–Trinajstić information content (AvgIpc) is 3.31. The van der Waals surface area contributed by atoms with Crippen LogP contribution in [0.2, 0.25) is 0 Å². The van der Waals surface area contributed by atoms with Crippen LogP contribution in [0.25, 0.3) is 0 Å². The molecule has 2 amide bonds. The molecule has 0 spiro atoms. The molecule has 0 radical (unpaired) electrons. The Hall–Kier alpha value is -0.750.